The van der Waals surface area contributed by atoms with Crippen molar-refractivity contribution in [1.82, 2.24) is 15.2 Å². The standard InChI is InChI=1S/C17H22F3N3O/c1-2-5-22-16(24)13-10-23-7-6-21-9-12-4-3-11(8-17(18,19)20)14(13)15(12)23/h4,10-11,21H,2-3,5-9H2,1H3,(H,22,24)/t11-/m1/s1. The number of hydrogen-bond donors (Lipinski definition) is 2. The Labute approximate surface area is 139 Å². The molecule has 0 bridgehead atoms. The van der Waals surface area contributed by atoms with Crippen LogP contribution in [0.1, 0.15) is 53.7 Å². The van der Waals surface area contributed by atoms with Crippen LogP contribution in [0.5, 0.6) is 0 Å². The number of hydrogen-bond acceptors (Lipinski definition) is 2. The van der Waals surface area contributed by atoms with Crippen LogP contribution in [0.3, 0.4) is 0 Å². The fourth-order valence-electron chi connectivity index (χ4n) is 3.58. The summed E-state index contributed by atoms with van der Waals surface area (Å²) in [4.78, 5) is 12.5. The predicted molar refractivity (Wildman–Crippen MR) is 85.9 cm³/mol. The van der Waals surface area contributed by atoms with Gasteiger partial charge in [-0.1, -0.05) is 13.0 Å². The third kappa shape index (κ3) is 3.36. The molecule has 0 spiro atoms. The van der Waals surface area contributed by atoms with E-state index >= 15 is 0 Å². The molecule has 7 heteroatoms. The molecule has 0 saturated carbocycles. The smallest absolute Gasteiger partial charge is 0.352 e. The number of amides is 1. The van der Waals surface area contributed by atoms with Crippen molar-refractivity contribution in [1.29, 1.82) is 0 Å². The van der Waals surface area contributed by atoms with E-state index in [4.69, 9.17) is 0 Å². The number of carbonyl (C=O) groups is 1. The monoisotopic (exact) mass is 341 g/mol. The zero-order chi connectivity index (χ0) is 17.3. The van der Waals surface area contributed by atoms with Crippen molar-refractivity contribution in [2.75, 3.05) is 19.6 Å². The second kappa shape index (κ2) is 6.63. The minimum Gasteiger partial charge on any atom is -0.352 e. The molecule has 0 unspecified atom stereocenters. The van der Waals surface area contributed by atoms with Crippen molar-refractivity contribution in [3.8, 4) is 0 Å². The molecule has 0 fully saturated rings. The maximum absolute atomic E-state index is 13.0. The summed E-state index contributed by atoms with van der Waals surface area (Å²) in [5.74, 6) is -0.959. The minimum absolute atomic E-state index is 0.270. The minimum atomic E-state index is -4.25. The van der Waals surface area contributed by atoms with Gasteiger partial charge in [-0.15, -0.1) is 0 Å². The second-order valence-corrected chi connectivity index (χ2v) is 6.41. The SMILES string of the molecule is CCCNC(=O)c1cn2c3c1[C@@H](CC(F)(F)F)CC=C3CNCC2. The van der Waals surface area contributed by atoms with Crippen LogP contribution in [0.15, 0.2) is 12.3 Å². The number of nitrogens with one attached hydrogen (secondary N) is 2. The van der Waals surface area contributed by atoms with Gasteiger partial charge in [0.25, 0.3) is 5.91 Å². The van der Waals surface area contributed by atoms with E-state index in [9.17, 15) is 18.0 Å². The number of halogens is 3. The first kappa shape index (κ1) is 17.1. The first-order chi connectivity index (χ1) is 11.4. The van der Waals surface area contributed by atoms with Crippen LogP contribution < -0.4 is 10.6 Å². The normalized spacial score (nSPS) is 20.2. The van der Waals surface area contributed by atoms with E-state index in [0.717, 1.165) is 24.2 Å². The summed E-state index contributed by atoms with van der Waals surface area (Å²) >= 11 is 0. The summed E-state index contributed by atoms with van der Waals surface area (Å²) in [6, 6.07) is 0. The van der Waals surface area contributed by atoms with Gasteiger partial charge in [0, 0.05) is 38.1 Å². The molecular weight excluding hydrogens is 319 g/mol. The van der Waals surface area contributed by atoms with E-state index in [2.05, 4.69) is 10.6 Å². The van der Waals surface area contributed by atoms with Crippen LogP contribution in [0.4, 0.5) is 13.2 Å². The molecule has 2 aliphatic rings. The van der Waals surface area contributed by atoms with Crippen molar-refractivity contribution >= 4 is 11.5 Å². The number of aromatic nitrogens is 1. The highest BCUT2D eigenvalue weighted by Gasteiger charge is 2.38. The van der Waals surface area contributed by atoms with E-state index in [1.807, 2.05) is 17.6 Å². The van der Waals surface area contributed by atoms with Gasteiger partial charge in [-0.2, -0.15) is 13.2 Å². The number of nitrogens with zero attached hydrogens (tertiary/aromatic N) is 1. The molecule has 132 valence electrons. The van der Waals surface area contributed by atoms with Gasteiger partial charge >= 0.3 is 6.18 Å². The Balaban J connectivity index is 2.04. The summed E-state index contributed by atoms with van der Waals surface area (Å²) in [6.45, 7) is 4.48. The highest BCUT2D eigenvalue weighted by Crippen LogP contribution is 2.43. The average molecular weight is 341 g/mol. The van der Waals surface area contributed by atoms with Gasteiger partial charge in [-0.05, 0) is 29.9 Å². The third-order valence-corrected chi connectivity index (χ3v) is 4.58. The lowest BCUT2D eigenvalue weighted by atomic mass is 9.82. The van der Waals surface area contributed by atoms with Crippen molar-refractivity contribution in [3.63, 3.8) is 0 Å². The summed E-state index contributed by atoms with van der Waals surface area (Å²) in [7, 11) is 0. The molecule has 1 aliphatic carbocycles. The van der Waals surface area contributed by atoms with Gasteiger partial charge in [0.05, 0.1) is 12.0 Å². The van der Waals surface area contributed by atoms with Gasteiger partial charge in [0.15, 0.2) is 0 Å². The highest BCUT2D eigenvalue weighted by atomic mass is 19.4. The van der Waals surface area contributed by atoms with Gasteiger partial charge in [-0.3, -0.25) is 4.79 Å². The Morgan fingerprint density at radius 3 is 2.96 bits per heavy atom. The lowest BCUT2D eigenvalue weighted by Crippen LogP contribution is -2.27. The van der Waals surface area contributed by atoms with E-state index < -0.39 is 18.5 Å². The lowest BCUT2D eigenvalue weighted by molar-refractivity contribution is -0.138. The van der Waals surface area contributed by atoms with E-state index in [-0.39, 0.29) is 5.91 Å². The molecule has 2 N–H and O–H groups in total. The van der Waals surface area contributed by atoms with Gasteiger partial charge in [0.2, 0.25) is 0 Å². The van der Waals surface area contributed by atoms with Gasteiger partial charge in [0.1, 0.15) is 0 Å². The molecule has 3 rings (SSSR count). The topological polar surface area (TPSA) is 46.1 Å². The average Bonchev–Trinajstić information content (AvgIpc) is 2.78. The maximum Gasteiger partial charge on any atom is 0.389 e. The number of carbonyl (C=O) groups excluding carboxylic acids is 1. The molecule has 1 aromatic rings. The van der Waals surface area contributed by atoms with Crippen LogP contribution in [0.25, 0.3) is 5.57 Å². The van der Waals surface area contributed by atoms with Crippen LogP contribution in [0, 0.1) is 0 Å². The Kier molecular flexibility index (Phi) is 4.71. The first-order valence-electron chi connectivity index (χ1n) is 8.38. The van der Waals surface area contributed by atoms with Crippen LogP contribution in [-0.2, 0) is 6.54 Å². The van der Waals surface area contributed by atoms with E-state index in [1.165, 1.54) is 0 Å². The summed E-state index contributed by atoms with van der Waals surface area (Å²) in [5, 5.41) is 6.08. The molecule has 24 heavy (non-hydrogen) atoms. The zero-order valence-electron chi connectivity index (χ0n) is 13.7. The largest absolute Gasteiger partial charge is 0.389 e. The van der Waals surface area contributed by atoms with Crippen LogP contribution in [0.2, 0.25) is 0 Å². The van der Waals surface area contributed by atoms with Crippen LogP contribution >= 0.6 is 0 Å². The number of allylic oxidation sites excluding steroid dienone is 1. The quantitative estimate of drug-likeness (QED) is 0.884. The highest BCUT2D eigenvalue weighted by molar-refractivity contribution is 5.97. The predicted octanol–water partition coefficient (Wildman–Crippen LogP) is 3.05. The van der Waals surface area contributed by atoms with Crippen LogP contribution in [-0.4, -0.2) is 36.3 Å². The molecule has 1 atom stereocenters. The maximum atomic E-state index is 13.0. The Morgan fingerprint density at radius 1 is 1.46 bits per heavy atom. The first-order valence-corrected chi connectivity index (χ1v) is 8.38. The molecular formula is C17H22F3N3O. The van der Waals surface area contributed by atoms with Crippen molar-refractivity contribution < 1.29 is 18.0 Å². The van der Waals surface area contributed by atoms with Crippen molar-refractivity contribution in [3.05, 3.63) is 29.1 Å². The molecule has 0 aromatic carbocycles. The molecule has 1 aromatic heterocycles. The fraction of sp³-hybridized carbons (Fsp3) is 0.588. The van der Waals surface area contributed by atoms with Crippen molar-refractivity contribution in [2.24, 2.45) is 0 Å². The molecule has 2 heterocycles. The van der Waals surface area contributed by atoms with E-state index in [1.54, 1.807) is 6.20 Å². The Bertz CT molecular complexity index is 661. The zero-order valence-corrected chi connectivity index (χ0v) is 13.7. The third-order valence-electron chi connectivity index (χ3n) is 4.58. The molecule has 4 nitrogen and oxygen atoms in total. The number of rotatable bonds is 4. The fourth-order valence-corrected chi connectivity index (χ4v) is 3.58. The lowest BCUT2D eigenvalue weighted by Gasteiger charge is -2.25. The van der Waals surface area contributed by atoms with E-state index in [0.29, 0.717) is 37.2 Å². The molecule has 0 radical (unpaired) electrons. The van der Waals surface area contributed by atoms with Crippen molar-refractivity contribution in [2.45, 2.75) is 44.8 Å². The summed E-state index contributed by atoms with van der Waals surface area (Å²) in [6.07, 6.45) is -0.413. The Morgan fingerprint density at radius 2 is 2.25 bits per heavy atom. The molecule has 0 saturated heterocycles. The Hall–Kier alpha value is -1.76. The summed E-state index contributed by atoms with van der Waals surface area (Å²) in [5.41, 5.74) is 2.78. The molecule has 1 amide bonds. The second-order valence-electron chi connectivity index (χ2n) is 6.41. The summed E-state index contributed by atoms with van der Waals surface area (Å²) < 4.78 is 41.0. The molecule has 1 aliphatic heterocycles. The van der Waals surface area contributed by atoms with Gasteiger partial charge < -0.3 is 15.2 Å². The number of alkyl halides is 3. The van der Waals surface area contributed by atoms with Gasteiger partial charge in [-0.25, -0.2) is 0 Å².